The van der Waals surface area contributed by atoms with Gasteiger partial charge in [-0.15, -0.1) is 0 Å². The maximum atomic E-state index is 5.29. The molecule has 0 fully saturated rings. The van der Waals surface area contributed by atoms with E-state index in [-0.39, 0.29) is 5.41 Å². The Balaban J connectivity index is 0.994. The molecule has 0 aliphatic heterocycles. The first-order valence-electron chi connectivity index (χ1n) is 18.5. The molecule has 1 aliphatic carbocycles. The Morgan fingerprint density at radius 2 is 1.07 bits per heavy atom. The molecule has 4 nitrogen and oxygen atoms in total. The molecule has 0 spiro atoms. The van der Waals surface area contributed by atoms with Crippen molar-refractivity contribution in [2.24, 2.45) is 0 Å². The SMILES string of the molecule is CC1(C)c2ccccc2-c2c1ccc1c(-c3ccc(-c4ccc(-c5nc6ccccc6c6cc(-c7ccccc7)nn56)cc4)cc3)nc3ccccc3c21. The van der Waals surface area contributed by atoms with E-state index in [0.29, 0.717) is 0 Å². The highest BCUT2D eigenvalue weighted by Crippen LogP contribution is 2.53. The third-order valence-corrected chi connectivity index (χ3v) is 11.4. The number of para-hydroxylation sites is 2. The lowest BCUT2D eigenvalue weighted by Gasteiger charge is -2.22. The predicted octanol–water partition coefficient (Wildman–Crippen LogP) is 12.6. The van der Waals surface area contributed by atoms with Crippen LogP contribution in [-0.2, 0) is 5.41 Å². The maximum absolute atomic E-state index is 5.29. The molecule has 0 N–H and O–H groups in total. The van der Waals surface area contributed by atoms with Crippen LogP contribution in [-0.4, -0.2) is 19.6 Å². The van der Waals surface area contributed by atoms with E-state index in [1.54, 1.807) is 0 Å². The summed E-state index contributed by atoms with van der Waals surface area (Å²) in [5.41, 5.74) is 15.8. The van der Waals surface area contributed by atoms with Gasteiger partial charge in [0.25, 0.3) is 0 Å². The molecule has 3 heterocycles. The first-order valence-corrected chi connectivity index (χ1v) is 18.5. The number of nitrogens with zero attached hydrogens (tertiary/aromatic N) is 4. The topological polar surface area (TPSA) is 43.1 Å². The zero-order valence-electron chi connectivity index (χ0n) is 30.0. The molecular weight excluding hydrogens is 657 g/mol. The van der Waals surface area contributed by atoms with Crippen LogP contribution in [0, 0.1) is 0 Å². The first-order chi connectivity index (χ1) is 26.5. The molecule has 0 amide bonds. The van der Waals surface area contributed by atoms with Crippen molar-refractivity contribution >= 4 is 38.1 Å². The smallest absolute Gasteiger partial charge is 0.161 e. The quantitative estimate of drug-likeness (QED) is 0.173. The van der Waals surface area contributed by atoms with Gasteiger partial charge in [-0.3, -0.25) is 0 Å². The summed E-state index contributed by atoms with van der Waals surface area (Å²) < 4.78 is 1.99. The zero-order valence-corrected chi connectivity index (χ0v) is 30.0. The third-order valence-electron chi connectivity index (χ3n) is 11.4. The molecule has 7 aromatic carbocycles. The average molecular weight is 691 g/mol. The summed E-state index contributed by atoms with van der Waals surface area (Å²) >= 11 is 0. The highest BCUT2D eigenvalue weighted by molar-refractivity contribution is 6.19. The Morgan fingerprint density at radius 1 is 0.463 bits per heavy atom. The molecule has 0 saturated carbocycles. The summed E-state index contributed by atoms with van der Waals surface area (Å²) in [5, 5.41) is 9.80. The van der Waals surface area contributed by atoms with Gasteiger partial charge in [0.15, 0.2) is 5.82 Å². The van der Waals surface area contributed by atoms with Gasteiger partial charge < -0.3 is 0 Å². The van der Waals surface area contributed by atoms with Crippen molar-refractivity contribution in [2.75, 3.05) is 0 Å². The summed E-state index contributed by atoms with van der Waals surface area (Å²) in [6.07, 6.45) is 0. The Morgan fingerprint density at radius 3 is 1.83 bits per heavy atom. The van der Waals surface area contributed by atoms with Gasteiger partial charge in [-0.05, 0) is 51.6 Å². The van der Waals surface area contributed by atoms with Crippen LogP contribution in [0.25, 0.3) is 94.3 Å². The van der Waals surface area contributed by atoms with Crippen molar-refractivity contribution in [3.8, 4) is 56.2 Å². The van der Waals surface area contributed by atoms with Crippen LogP contribution in [0.1, 0.15) is 25.0 Å². The normalized spacial score (nSPS) is 13.1. The minimum Gasteiger partial charge on any atom is -0.247 e. The summed E-state index contributed by atoms with van der Waals surface area (Å²) in [5.74, 6) is 0.819. The highest BCUT2D eigenvalue weighted by Gasteiger charge is 2.36. The lowest BCUT2D eigenvalue weighted by Crippen LogP contribution is -2.14. The van der Waals surface area contributed by atoms with E-state index in [0.717, 1.165) is 67.0 Å². The monoisotopic (exact) mass is 690 g/mol. The summed E-state index contributed by atoms with van der Waals surface area (Å²) in [6, 6.07) is 60.4. The predicted molar refractivity (Wildman–Crippen MR) is 223 cm³/mol. The number of hydrogen-bond acceptors (Lipinski definition) is 3. The standard InChI is InChI=1S/C50H34N4/c1-50(2)40-17-9-6-14-36(40)47-41(50)29-28-39-46(47)38-16-8-11-19-43(38)51-48(39)34-24-20-31(21-25-34)32-22-26-35(27-23-32)49-52-42-18-10-7-15-37(42)45-30-44(53-54(45)49)33-12-4-3-5-13-33/h3-30H,1-2H3. The summed E-state index contributed by atoms with van der Waals surface area (Å²) in [4.78, 5) is 10.4. The van der Waals surface area contributed by atoms with E-state index in [4.69, 9.17) is 15.1 Å². The first kappa shape index (κ1) is 30.7. The molecule has 0 bridgehead atoms. The van der Waals surface area contributed by atoms with Gasteiger partial charge >= 0.3 is 0 Å². The zero-order chi connectivity index (χ0) is 36.0. The van der Waals surface area contributed by atoms with Gasteiger partial charge in [0.1, 0.15) is 0 Å². The number of aromatic nitrogens is 4. The van der Waals surface area contributed by atoms with Crippen molar-refractivity contribution in [1.82, 2.24) is 19.6 Å². The van der Waals surface area contributed by atoms with Crippen molar-refractivity contribution in [3.05, 3.63) is 181 Å². The second kappa shape index (κ2) is 11.5. The van der Waals surface area contributed by atoms with Crippen LogP contribution in [0.15, 0.2) is 170 Å². The molecule has 4 heteroatoms. The van der Waals surface area contributed by atoms with Crippen molar-refractivity contribution in [2.45, 2.75) is 19.3 Å². The molecule has 1 aliphatic rings. The fraction of sp³-hybridized carbons (Fsp3) is 0.0600. The third kappa shape index (κ3) is 4.53. The fourth-order valence-corrected chi connectivity index (χ4v) is 8.71. The number of benzene rings is 7. The van der Waals surface area contributed by atoms with E-state index in [2.05, 4.69) is 159 Å². The Bertz CT molecular complexity index is 3100. The van der Waals surface area contributed by atoms with Crippen LogP contribution >= 0.6 is 0 Å². The lowest BCUT2D eigenvalue weighted by atomic mass is 9.82. The van der Waals surface area contributed by atoms with E-state index < -0.39 is 0 Å². The van der Waals surface area contributed by atoms with Gasteiger partial charge in [0.05, 0.1) is 27.9 Å². The molecule has 3 aromatic heterocycles. The minimum absolute atomic E-state index is 0.0678. The van der Waals surface area contributed by atoms with Gasteiger partial charge in [0.2, 0.25) is 0 Å². The van der Waals surface area contributed by atoms with Crippen molar-refractivity contribution in [3.63, 3.8) is 0 Å². The van der Waals surface area contributed by atoms with Crippen LogP contribution in [0.2, 0.25) is 0 Å². The molecule has 0 unspecified atom stereocenters. The lowest BCUT2D eigenvalue weighted by molar-refractivity contribution is 0.661. The molecule has 54 heavy (non-hydrogen) atoms. The van der Waals surface area contributed by atoms with Crippen LogP contribution in [0.3, 0.4) is 0 Å². The molecule has 0 saturated heterocycles. The summed E-state index contributed by atoms with van der Waals surface area (Å²) in [6.45, 7) is 4.69. The van der Waals surface area contributed by atoms with E-state index in [1.165, 1.54) is 38.4 Å². The molecule has 10 aromatic rings. The van der Waals surface area contributed by atoms with Gasteiger partial charge in [-0.1, -0.05) is 166 Å². The van der Waals surface area contributed by atoms with Gasteiger partial charge in [-0.2, -0.15) is 5.10 Å². The van der Waals surface area contributed by atoms with E-state index in [9.17, 15) is 0 Å². The van der Waals surface area contributed by atoms with Gasteiger partial charge in [0, 0.05) is 43.7 Å². The van der Waals surface area contributed by atoms with E-state index >= 15 is 0 Å². The largest absolute Gasteiger partial charge is 0.247 e. The van der Waals surface area contributed by atoms with Crippen LogP contribution in [0.4, 0.5) is 0 Å². The van der Waals surface area contributed by atoms with Gasteiger partial charge in [-0.25, -0.2) is 14.5 Å². The Kier molecular flexibility index (Phi) is 6.56. The molecule has 0 radical (unpaired) electrons. The summed E-state index contributed by atoms with van der Waals surface area (Å²) in [7, 11) is 0. The number of rotatable bonds is 4. The minimum atomic E-state index is -0.0678. The molecular formula is C50H34N4. The molecule has 0 atom stereocenters. The highest BCUT2D eigenvalue weighted by atomic mass is 15.3. The van der Waals surface area contributed by atoms with Crippen LogP contribution in [0.5, 0.6) is 0 Å². The van der Waals surface area contributed by atoms with Crippen LogP contribution < -0.4 is 0 Å². The van der Waals surface area contributed by atoms with E-state index in [1.807, 2.05) is 28.8 Å². The maximum Gasteiger partial charge on any atom is 0.161 e. The number of pyridine rings is 1. The molecule has 11 rings (SSSR count). The van der Waals surface area contributed by atoms with Crippen molar-refractivity contribution < 1.29 is 0 Å². The average Bonchev–Trinajstić information content (AvgIpc) is 3.78. The van der Waals surface area contributed by atoms with Crippen molar-refractivity contribution in [1.29, 1.82) is 0 Å². The second-order valence-electron chi connectivity index (χ2n) is 14.9. The second-order valence-corrected chi connectivity index (χ2v) is 14.9. The number of fused-ring (bicyclic) bond motifs is 10. The molecule has 254 valence electrons. The fourth-order valence-electron chi connectivity index (χ4n) is 8.71. The number of hydrogen-bond donors (Lipinski definition) is 0. The Hall–Kier alpha value is -6.91. The Labute approximate surface area is 313 Å².